The van der Waals surface area contributed by atoms with Gasteiger partial charge in [0.2, 0.25) is 5.91 Å². The lowest BCUT2D eigenvalue weighted by molar-refractivity contribution is -0.116. The molecule has 1 aromatic rings. The Labute approximate surface area is 143 Å². The van der Waals surface area contributed by atoms with Crippen LogP contribution >= 0.6 is 0 Å². The third-order valence-electron chi connectivity index (χ3n) is 3.82. The van der Waals surface area contributed by atoms with Crippen molar-refractivity contribution >= 4 is 17.9 Å². The van der Waals surface area contributed by atoms with Crippen molar-refractivity contribution in [3.05, 3.63) is 41.5 Å². The Kier molecular flexibility index (Phi) is 6.96. The molecule has 0 bridgehead atoms. The number of hydrogen-bond acceptors (Lipinski definition) is 4. The monoisotopic (exact) mass is 331 g/mol. The van der Waals surface area contributed by atoms with Crippen LogP contribution in [-0.2, 0) is 9.53 Å². The van der Waals surface area contributed by atoms with Crippen molar-refractivity contribution in [2.45, 2.75) is 0 Å². The highest BCUT2D eigenvalue weighted by Crippen LogP contribution is 2.07. The Bertz CT molecular complexity index is 576. The van der Waals surface area contributed by atoms with E-state index in [4.69, 9.17) is 4.74 Å². The number of amides is 2. The summed E-state index contributed by atoms with van der Waals surface area (Å²) in [6.45, 7) is 4.83. The summed E-state index contributed by atoms with van der Waals surface area (Å²) in [7, 11) is 3.44. The maximum Gasteiger partial charge on any atom is 0.253 e. The van der Waals surface area contributed by atoms with E-state index in [0.29, 0.717) is 12.1 Å². The molecule has 0 aromatic heterocycles. The van der Waals surface area contributed by atoms with Gasteiger partial charge in [-0.05, 0) is 23.8 Å². The fraction of sp³-hybridized carbons (Fsp3) is 0.444. The molecule has 1 heterocycles. The van der Waals surface area contributed by atoms with E-state index in [-0.39, 0.29) is 11.8 Å². The van der Waals surface area contributed by atoms with E-state index in [1.54, 1.807) is 32.3 Å². The molecule has 0 spiro atoms. The number of nitrogens with zero attached hydrogens (tertiary/aromatic N) is 2. The first-order valence-corrected chi connectivity index (χ1v) is 8.14. The summed E-state index contributed by atoms with van der Waals surface area (Å²) < 4.78 is 5.29. The minimum Gasteiger partial charge on any atom is -0.379 e. The molecule has 0 unspecified atom stereocenters. The zero-order chi connectivity index (χ0) is 17.4. The van der Waals surface area contributed by atoms with Gasteiger partial charge in [0.1, 0.15) is 0 Å². The summed E-state index contributed by atoms with van der Waals surface area (Å²) >= 11 is 0. The van der Waals surface area contributed by atoms with E-state index in [1.807, 2.05) is 12.1 Å². The molecule has 6 heteroatoms. The Morgan fingerprint density at radius 3 is 2.50 bits per heavy atom. The zero-order valence-corrected chi connectivity index (χ0v) is 14.3. The van der Waals surface area contributed by atoms with Gasteiger partial charge in [-0.15, -0.1) is 0 Å². The molecule has 1 aliphatic heterocycles. The summed E-state index contributed by atoms with van der Waals surface area (Å²) in [5.74, 6) is -0.150. The van der Waals surface area contributed by atoms with Crippen molar-refractivity contribution in [3.63, 3.8) is 0 Å². The van der Waals surface area contributed by atoms with Gasteiger partial charge in [-0.25, -0.2) is 0 Å². The lowest BCUT2D eigenvalue weighted by Crippen LogP contribution is -2.41. The van der Waals surface area contributed by atoms with Crippen molar-refractivity contribution in [3.8, 4) is 0 Å². The number of carbonyl (C=O) groups excluding carboxylic acids is 2. The van der Waals surface area contributed by atoms with Crippen LogP contribution in [0.2, 0.25) is 0 Å². The summed E-state index contributed by atoms with van der Waals surface area (Å²) in [4.78, 5) is 27.4. The molecular weight excluding hydrogens is 306 g/mol. The number of benzene rings is 1. The van der Waals surface area contributed by atoms with Crippen LogP contribution in [0.3, 0.4) is 0 Å². The number of rotatable bonds is 6. The van der Waals surface area contributed by atoms with Crippen molar-refractivity contribution in [1.82, 2.24) is 15.1 Å². The molecule has 0 radical (unpaired) electrons. The van der Waals surface area contributed by atoms with Gasteiger partial charge in [0, 0.05) is 51.9 Å². The van der Waals surface area contributed by atoms with Crippen LogP contribution in [0.5, 0.6) is 0 Å². The van der Waals surface area contributed by atoms with Crippen molar-refractivity contribution in [2.75, 3.05) is 53.5 Å². The second-order valence-electron chi connectivity index (χ2n) is 5.90. The quantitative estimate of drug-likeness (QED) is 0.785. The number of morpholine rings is 1. The third-order valence-corrected chi connectivity index (χ3v) is 3.82. The van der Waals surface area contributed by atoms with E-state index < -0.39 is 0 Å². The lowest BCUT2D eigenvalue weighted by atomic mass is 10.1. The summed E-state index contributed by atoms with van der Waals surface area (Å²) in [5, 5.41) is 2.88. The predicted octanol–water partition coefficient (Wildman–Crippen LogP) is 0.850. The fourth-order valence-corrected chi connectivity index (χ4v) is 2.39. The van der Waals surface area contributed by atoms with Crippen molar-refractivity contribution in [2.24, 2.45) is 0 Å². The SMILES string of the molecule is CN(C)C(=O)c1ccc(/C=C/C(=O)NCCN2CCOCC2)cc1. The Morgan fingerprint density at radius 2 is 1.88 bits per heavy atom. The van der Waals surface area contributed by atoms with E-state index in [0.717, 1.165) is 38.4 Å². The Hall–Kier alpha value is -2.18. The average Bonchev–Trinajstić information content (AvgIpc) is 2.60. The van der Waals surface area contributed by atoms with Gasteiger partial charge in [0.25, 0.3) is 5.91 Å². The van der Waals surface area contributed by atoms with Gasteiger partial charge in [-0.2, -0.15) is 0 Å². The molecule has 1 fully saturated rings. The van der Waals surface area contributed by atoms with E-state index in [9.17, 15) is 9.59 Å². The summed E-state index contributed by atoms with van der Waals surface area (Å²) in [6.07, 6.45) is 3.26. The lowest BCUT2D eigenvalue weighted by Gasteiger charge is -2.26. The number of ether oxygens (including phenoxy) is 1. The first-order chi connectivity index (χ1) is 11.6. The number of nitrogens with one attached hydrogen (secondary N) is 1. The van der Waals surface area contributed by atoms with Crippen LogP contribution in [0.1, 0.15) is 15.9 Å². The molecule has 2 rings (SSSR count). The van der Waals surface area contributed by atoms with Gasteiger partial charge in [-0.3, -0.25) is 14.5 Å². The topological polar surface area (TPSA) is 61.9 Å². The zero-order valence-electron chi connectivity index (χ0n) is 14.3. The molecule has 0 atom stereocenters. The molecule has 2 amide bonds. The highest BCUT2D eigenvalue weighted by Gasteiger charge is 2.09. The van der Waals surface area contributed by atoms with Crippen LogP contribution in [-0.4, -0.2) is 75.1 Å². The van der Waals surface area contributed by atoms with E-state index in [2.05, 4.69) is 10.2 Å². The molecule has 1 N–H and O–H groups in total. The molecule has 130 valence electrons. The van der Waals surface area contributed by atoms with Gasteiger partial charge in [0.15, 0.2) is 0 Å². The van der Waals surface area contributed by atoms with Crippen LogP contribution < -0.4 is 5.32 Å². The molecule has 0 saturated carbocycles. The van der Waals surface area contributed by atoms with E-state index >= 15 is 0 Å². The highest BCUT2D eigenvalue weighted by atomic mass is 16.5. The minimum atomic E-state index is -0.114. The van der Waals surface area contributed by atoms with Crippen molar-refractivity contribution in [1.29, 1.82) is 0 Å². The van der Waals surface area contributed by atoms with Gasteiger partial charge in [0.05, 0.1) is 13.2 Å². The van der Waals surface area contributed by atoms with E-state index in [1.165, 1.54) is 11.0 Å². The minimum absolute atomic E-state index is 0.0358. The van der Waals surface area contributed by atoms with Gasteiger partial charge >= 0.3 is 0 Å². The molecule has 1 aliphatic rings. The third kappa shape index (κ3) is 5.79. The second-order valence-corrected chi connectivity index (χ2v) is 5.90. The van der Waals surface area contributed by atoms with Crippen LogP contribution in [0, 0.1) is 0 Å². The van der Waals surface area contributed by atoms with Crippen LogP contribution in [0.25, 0.3) is 6.08 Å². The fourth-order valence-electron chi connectivity index (χ4n) is 2.39. The molecule has 0 aliphatic carbocycles. The molecule has 6 nitrogen and oxygen atoms in total. The standard InChI is InChI=1S/C18H25N3O3/c1-20(2)18(23)16-6-3-15(4-7-16)5-8-17(22)19-9-10-21-11-13-24-14-12-21/h3-8H,9-14H2,1-2H3,(H,19,22)/b8-5+. The van der Waals surface area contributed by atoms with Crippen LogP contribution in [0.4, 0.5) is 0 Å². The normalized spacial score (nSPS) is 15.4. The summed E-state index contributed by atoms with van der Waals surface area (Å²) in [5.41, 5.74) is 1.51. The number of carbonyl (C=O) groups is 2. The summed E-state index contributed by atoms with van der Waals surface area (Å²) in [6, 6.07) is 7.18. The van der Waals surface area contributed by atoms with Gasteiger partial charge < -0.3 is 15.0 Å². The number of hydrogen-bond donors (Lipinski definition) is 1. The van der Waals surface area contributed by atoms with Crippen molar-refractivity contribution < 1.29 is 14.3 Å². The second kappa shape index (κ2) is 9.20. The highest BCUT2D eigenvalue weighted by molar-refractivity contribution is 5.94. The smallest absolute Gasteiger partial charge is 0.253 e. The Morgan fingerprint density at radius 1 is 1.21 bits per heavy atom. The molecule has 1 saturated heterocycles. The average molecular weight is 331 g/mol. The largest absolute Gasteiger partial charge is 0.379 e. The molecule has 24 heavy (non-hydrogen) atoms. The molecular formula is C18H25N3O3. The Balaban J connectivity index is 1.75. The maximum atomic E-state index is 11.8. The molecule has 1 aromatic carbocycles. The predicted molar refractivity (Wildman–Crippen MR) is 93.8 cm³/mol. The maximum absolute atomic E-state index is 11.8. The van der Waals surface area contributed by atoms with Crippen LogP contribution in [0.15, 0.2) is 30.3 Å². The first-order valence-electron chi connectivity index (χ1n) is 8.14. The first kappa shape index (κ1) is 18.2. The van der Waals surface area contributed by atoms with Gasteiger partial charge in [-0.1, -0.05) is 12.1 Å².